The topological polar surface area (TPSA) is 95.5 Å². The Bertz CT molecular complexity index is 1010. The maximum Gasteiger partial charge on any atom is 0.317 e. The number of non-ortho nitro benzene ring substituents is 1. The highest BCUT2D eigenvalue weighted by molar-refractivity contribution is 5.54. The molecule has 2 aromatic rings. The maximum absolute atomic E-state index is 11.7. The van der Waals surface area contributed by atoms with Gasteiger partial charge in [-0.1, -0.05) is 30.3 Å². The molecule has 2 aromatic carbocycles. The predicted molar refractivity (Wildman–Crippen MR) is 106 cm³/mol. The number of ether oxygens (including phenoxy) is 1. The number of benzene rings is 2. The molecular weight excluding hydrogens is 372 g/mol. The van der Waals surface area contributed by atoms with Gasteiger partial charge in [-0.3, -0.25) is 20.2 Å². The van der Waals surface area contributed by atoms with E-state index in [0.717, 1.165) is 30.9 Å². The zero-order valence-corrected chi connectivity index (χ0v) is 15.8. The summed E-state index contributed by atoms with van der Waals surface area (Å²) >= 11 is 0. The molecule has 4 bridgehead atoms. The summed E-state index contributed by atoms with van der Waals surface area (Å²) in [6.07, 6.45) is 4.20. The van der Waals surface area contributed by atoms with E-state index in [-0.39, 0.29) is 23.3 Å². The van der Waals surface area contributed by atoms with Crippen LogP contribution < -0.4 is 4.74 Å². The molecule has 4 aliphatic rings. The molecule has 0 saturated heterocycles. The molecule has 150 valence electrons. The average Bonchev–Trinajstić information content (AvgIpc) is 2.70. The van der Waals surface area contributed by atoms with Gasteiger partial charge in [-0.05, 0) is 55.5 Å². The van der Waals surface area contributed by atoms with E-state index in [1.54, 1.807) is 0 Å². The van der Waals surface area contributed by atoms with Gasteiger partial charge in [0.1, 0.15) is 5.60 Å². The number of rotatable bonds is 5. The number of hydrogen-bond acceptors (Lipinski definition) is 5. The summed E-state index contributed by atoms with van der Waals surface area (Å²) in [5, 5.41) is 22.8. The first-order valence-electron chi connectivity index (χ1n) is 10.5. The quantitative estimate of drug-likeness (QED) is 0.510. The molecule has 29 heavy (non-hydrogen) atoms. The minimum Gasteiger partial charge on any atom is -0.475 e. The maximum atomic E-state index is 11.7. The van der Waals surface area contributed by atoms with Crippen LogP contribution in [0.4, 0.5) is 11.4 Å². The van der Waals surface area contributed by atoms with E-state index >= 15 is 0 Å². The zero-order chi connectivity index (χ0) is 21.1. The van der Waals surface area contributed by atoms with E-state index in [4.69, 9.17) is 6.11 Å². The molecule has 0 radical (unpaired) electrons. The monoisotopic (exact) mass is 395 g/mol. The Morgan fingerprint density at radius 2 is 1.62 bits per heavy atom. The Kier molecular flexibility index (Phi) is 3.82. The van der Waals surface area contributed by atoms with Gasteiger partial charge in [-0.15, -0.1) is 0 Å². The Labute approximate surface area is 169 Å². The minimum atomic E-state index is -0.760. The summed E-state index contributed by atoms with van der Waals surface area (Å²) in [5.41, 5.74) is -0.522. The minimum absolute atomic E-state index is 0.0564. The van der Waals surface area contributed by atoms with Gasteiger partial charge in [0.05, 0.1) is 15.9 Å². The molecule has 0 N–H and O–H groups in total. The van der Waals surface area contributed by atoms with Crippen molar-refractivity contribution in [2.24, 2.45) is 23.6 Å². The van der Waals surface area contributed by atoms with E-state index < -0.39 is 27.0 Å². The van der Waals surface area contributed by atoms with Crippen LogP contribution in [-0.2, 0) is 5.60 Å². The van der Waals surface area contributed by atoms with E-state index in [2.05, 4.69) is 0 Å². The highest BCUT2D eigenvalue weighted by Crippen LogP contribution is 2.63. The summed E-state index contributed by atoms with van der Waals surface area (Å²) in [5.74, 6) is 0.268. The van der Waals surface area contributed by atoms with Crippen LogP contribution in [0.3, 0.4) is 0 Å². The van der Waals surface area contributed by atoms with Gasteiger partial charge in [0.15, 0.2) is 5.75 Å². The fraction of sp³-hybridized carbons (Fsp3) is 0.455. The lowest BCUT2D eigenvalue weighted by molar-refractivity contribution is -0.395. The third-order valence-corrected chi connectivity index (χ3v) is 6.95. The van der Waals surface area contributed by atoms with E-state index in [9.17, 15) is 20.2 Å². The molecule has 4 fully saturated rings. The van der Waals surface area contributed by atoms with Gasteiger partial charge in [-0.2, -0.15) is 0 Å². The molecule has 0 aromatic heterocycles. The van der Waals surface area contributed by atoms with Crippen molar-refractivity contribution in [3.05, 3.63) is 74.3 Å². The van der Waals surface area contributed by atoms with Crippen LogP contribution in [0.2, 0.25) is 0 Å². The SMILES string of the molecule is [2H]C12CC3CC(C1)C(Oc1ccc([N+](=O)[O-])cc1[N+](=O)[O-])(c1ccccc1)C(C3)C2. The molecule has 6 rings (SSSR count). The molecule has 7 nitrogen and oxygen atoms in total. The summed E-state index contributed by atoms with van der Waals surface area (Å²) in [4.78, 5) is 21.6. The second kappa shape index (κ2) is 6.54. The first-order chi connectivity index (χ1) is 14.3. The van der Waals surface area contributed by atoms with Crippen LogP contribution in [0.25, 0.3) is 0 Å². The lowest BCUT2D eigenvalue weighted by Gasteiger charge is -2.60. The fourth-order valence-corrected chi connectivity index (χ4v) is 6.00. The van der Waals surface area contributed by atoms with Crippen LogP contribution in [0.1, 0.15) is 39.0 Å². The Morgan fingerprint density at radius 3 is 2.21 bits per heavy atom. The fourth-order valence-electron chi connectivity index (χ4n) is 6.00. The van der Waals surface area contributed by atoms with Crippen molar-refractivity contribution < 1.29 is 16.0 Å². The lowest BCUT2D eigenvalue weighted by Crippen LogP contribution is -2.58. The highest BCUT2D eigenvalue weighted by Gasteiger charge is 2.60. The number of hydrogen-bond donors (Lipinski definition) is 0. The largest absolute Gasteiger partial charge is 0.475 e. The molecule has 2 unspecified atom stereocenters. The smallest absolute Gasteiger partial charge is 0.317 e. The van der Waals surface area contributed by atoms with Gasteiger partial charge in [-0.25, -0.2) is 0 Å². The molecule has 0 aliphatic heterocycles. The third kappa shape index (κ3) is 2.79. The molecular formula is C22H22N2O5. The summed E-state index contributed by atoms with van der Waals surface area (Å²) in [6.45, 7) is 0. The van der Waals surface area contributed by atoms with Gasteiger partial charge >= 0.3 is 5.69 Å². The van der Waals surface area contributed by atoms with E-state index in [0.29, 0.717) is 18.8 Å². The first kappa shape index (κ1) is 16.9. The van der Waals surface area contributed by atoms with Crippen molar-refractivity contribution >= 4 is 11.4 Å². The van der Waals surface area contributed by atoms with E-state index in [1.807, 2.05) is 30.3 Å². The van der Waals surface area contributed by atoms with Crippen molar-refractivity contribution in [3.8, 4) is 5.75 Å². The summed E-state index contributed by atoms with van der Waals surface area (Å²) < 4.78 is 15.5. The number of nitro benzene ring substituents is 2. The van der Waals surface area contributed by atoms with Gasteiger partial charge < -0.3 is 4.74 Å². The van der Waals surface area contributed by atoms with Crippen molar-refractivity contribution in [1.82, 2.24) is 0 Å². The average molecular weight is 395 g/mol. The zero-order valence-electron chi connectivity index (χ0n) is 16.8. The summed E-state index contributed by atoms with van der Waals surface area (Å²) in [7, 11) is 0. The predicted octanol–water partition coefficient (Wildman–Crippen LogP) is 5.23. The lowest BCUT2D eigenvalue weighted by atomic mass is 9.48. The van der Waals surface area contributed by atoms with Crippen LogP contribution in [0, 0.1) is 43.9 Å². The van der Waals surface area contributed by atoms with Crippen molar-refractivity contribution in [3.63, 3.8) is 0 Å². The molecule has 2 atom stereocenters. The van der Waals surface area contributed by atoms with Crippen molar-refractivity contribution in [1.29, 1.82) is 0 Å². The van der Waals surface area contributed by atoms with Crippen LogP contribution in [-0.4, -0.2) is 9.85 Å². The van der Waals surface area contributed by atoms with Crippen molar-refractivity contribution in [2.75, 3.05) is 0 Å². The Balaban J connectivity index is 1.64. The molecule has 7 heteroatoms. The molecule has 4 saturated carbocycles. The van der Waals surface area contributed by atoms with E-state index in [1.165, 1.54) is 12.1 Å². The third-order valence-electron chi connectivity index (χ3n) is 6.95. The second-order valence-electron chi connectivity index (χ2n) is 8.52. The molecule has 4 aliphatic carbocycles. The molecule has 0 spiro atoms. The highest BCUT2D eigenvalue weighted by atomic mass is 16.6. The number of nitro groups is 2. The number of nitrogens with zero attached hydrogens (tertiary/aromatic N) is 2. The van der Waals surface area contributed by atoms with Crippen LogP contribution in [0.5, 0.6) is 5.75 Å². The molecule has 0 amide bonds. The van der Waals surface area contributed by atoms with Crippen LogP contribution >= 0.6 is 0 Å². The first-order valence-corrected chi connectivity index (χ1v) is 9.98. The normalized spacial score (nSPS) is 35.2. The summed E-state index contributed by atoms with van der Waals surface area (Å²) in [6, 6.07) is 13.4. The van der Waals surface area contributed by atoms with Gasteiger partial charge in [0, 0.05) is 19.3 Å². The van der Waals surface area contributed by atoms with Gasteiger partial charge in [0.2, 0.25) is 0 Å². The van der Waals surface area contributed by atoms with Crippen LogP contribution in [0.15, 0.2) is 48.5 Å². The van der Waals surface area contributed by atoms with Crippen molar-refractivity contribution in [2.45, 2.75) is 37.7 Å². The second-order valence-corrected chi connectivity index (χ2v) is 8.52. The Morgan fingerprint density at radius 1 is 0.931 bits per heavy atom. The Hall–Kier alpha value is -2.96. The standard InChI is InChI=1S/C22H22N2O5/c25-23(26)19-6-7-21(20(13-19)24(27)28)29-22(16-4-2-1-3-5-16)17-9-14-8-15(11-17)12-18(22)10-14/h1-7,13-15,17-18H,8-12H2/i14D. The molecule has 0 heterocycles. The van der Waals surface area contributed by atoms with Gasteiger partial charge in [0.25, 0.3) is 5.69 Å².